The van der Waals surface area contributed by atoms with Gasteiger partial charge in [-0.25, -0.2) is 4.98 Å². The Kier molecular flexibility index (Phi) is 3.64. The summed E-state index contributed by atoms with van der Waals surface area (Å²) in [6, 6.07) is 0. The summed E-state index contributed by atoms with van der Waals surface area (Å²) in [4.78, 5) is 17.9. The molecule has 0 radical (unpaired) electrons. The molecule has 6 nitrogen and oxygen atoms in total. The molecule has 1 aliphatic rings. The minimum atomic E-state index is -0.138. The summed E-state index contributed by atoms with van der Waals surface area (Å²) in [5.41, 5.74) is 1.38. The fourth-order valence-corrected chi connectivity index (χ4v) is 2.25. The zero-order valence-electron chi connectivity index (χ0n) is 10.6. The number of piperidine rings is 1. The molecule has 6 heteroatoms. The first-order valence-electron chi connectivity index (χ1n) is 6.07. The van der Waals surface area contributed by atoms with Gasteiger partial charge in [0.2, 0.25) is 5.76 Å². The van der Waals surface area contributed by atoms with Crippen molar-refractivity contribution in [1.29, 1.82) is 0 Å². The van der Waals surface area contributed by atoms with Crippen LogP contribution in [-0.2, 0) is 0 Å². The topological polar surface area (TPSA) is 78.9 Å². The minimum absolute atomic E-state index is 0.121. The summed E-state index contributed by atoms with van der Waals surface area (Å²) in [6.45, 7) is 4.88. The van der Waals surface area contributed by atoms with E-state index in [0.717, 1.165) is 12.1 Å². The van der Waals surface area contributed by atoms with Crippen molar-refractivity contribution in [3.63, 3.8) is 0 Å². The van der Waals surface area contributed by atoms with Gasteiger partial charge in [0.05, 0.1) is 11.4 Å². The van der Waals surface area contributed by atoms with E-state index in [4.69, 9.17) is 9.62 Å². The summed E-state index contributed by atoms with van der Waals surface area (Å²) in [5, 5.41) is 12.2. The first-order valence-corrected chi connectivity index (χ1v) is 6.07. The van der Waals surface area contributed by atoms with Gasteiger partial charge in [0, 0.05) is 25.4 Å². The highest BCUT2D eigenvalue weighted by Gasteiger charge is 2.30. The lowest BCUT2D eigenvalue weighted by molar-refractivity contribution is 0.0696. The minimum Gasteiger partial charge on any atom is -0.438 e. The van der Waals surface area contributed by atoms with E-state index < -0.39 is 0 Å². The summed E-state index contributed by atoms with van der Waals surface area (Å²) in [5.74, 6) is 0.283. The van der Waals surface area contributed by atoms with Gasteiger partial charge in [-0.1, -0.05) is 12.1 Å². The van der Waals surface area contributed by atoms with E-state index in [1.807, 2.05) is 6.92 Å². The van der Waals surface area contributed by atoms with Crippen molar-refractivity contribution >= 4 is 11.6 Å². The predicted octanol–water partition coefficient (Wildman–Crippen LogP) is 1.69. The second-order valence-electron chi connectivity index (χ2n) is 4.46. The van der Waals surface area contributed by atoms with Crippen molar-refractivity contribution in [2.75, 3.05) is 13.1 Å². The molecule has 1 aliphatic heterocycles. The predicted molar refractivity (Wildman–Crippen MR) is 64.8 cm³/mol. The van der Waals surface area contributed by atoms with Gasteiger partial charge in [-0.05, 0) is 13.3 Å². The monoisotopic (exact) mass is 251 g/mol. The molecule has 0 bridgehead atoms. The average molecular weight is 251 g/mol. The van der Waals surface area contributed by atoms with Gasteiger partial charge in [0.1, 0.15) is 0 Å². The first kappa shape index (κ1) is 12.6. The molecule has 0 spiro atoms. The maximum atomic E-state index is 12.2. The quantitative estimate of drug-likeness (QED) is 0.640. The molecular formula is C12H17N3O3. The Balaban J connectivity index is 2.12. The third-order valence-electron chi connectivity index (χ3n) is 3.40. The van der Waals surface area contributed by atoms with Gasteiger partial charge < -0.3 is 14.5 Å². The third-order valence-corrected chi connectivity index (χ3v) is 3.40. The second-order valence-corrected chi connectivity index (χ2v) is 4.46. The standard InChI is InChI=1S/C12H17N3O3/c1-3-9-6-15(5-4-10(9)14-17)12(16)11-8(2)13-7-18-11/h7,9,17H,3-6H2,1-2H3. The molecule has 1 saturated heterocycles. The number of rotatable bonds is 2. The number of nitrogens with zero attached hydrogens (tertiary/aromatic N) is 3. The average Bonchev–Trinajstić information content (AvgIpc) is 2.83. The van der Waals surface area contributed by atoms with Crippen molar-refractivity contribution < 1.29 is 14.4 Å². The highest BCUT2D eigenvalue weighted by molar-refractivity contribution is 5.95. The van der Waals surface area contributed by atoms with E-state index in [1.54, 1.807) is 11.8 Å². The fourth-order valence-electron chi connectivity index (χ4n) is 2.25. The lowest BCUT2D eigenvalue weighted by Crippen LogP contribution is -2.44. The number of carbonyl (C=O) groups is 1. The summed E-state index contributed by atoms with van der Waals surface area (Å²) < 4.78 is 5.12. The Morgan fingerprint density at radius 1 is 1.72 bits per heavy atom. The summed E-state index contributed by atoms with van der Waals surface area (Å²) >= 11 is 0. The van der Waals surface area contributed by atoms with E-state index in [-0.39, 0.29) is 11.8 Å². The summed E-state index contributed by atoms with van der Waals surface area (Å²) in [6.07, 6.45) is 2.73. The highest BCUT2D eigenvalue weighted by Crippen LogP contribution is 2.20. The number of hydrogen-bond donors (Lipinski definition) is 1. The van der Waals surface area contributed by atoms with Crippen molar-refractivity contribution in [3.05, 3.63) is 17.8 Å². The van der Waals surface area contributed by atoms with Crippen molar-refractivity contribution in [2.24, 2.45) is 11.1 Å². The van der Waals surface area contributed by atoms with E-state index >= 15 is 0 Å². The van der Waals surface area contributed by atoms with Crippen LogP contribution in [-0.4, -0.2) is 39.8 Å². The van der Waals surface area contributed by atoms with Crippen molar-refractivity contribution in [3.8, 4) is 0 Å². The Morgan fingerprint density at radius 3 is 3.06 bits per heavy atom. The molecule has 98 valence electrons. The molecule has 2 heterocycles. The molecule has 1 atom stereocenters. The van der Waals surface area contributed by atoms with Crippen LogP contribution in [0.25, 0.3) is 0 Å². The fraction of sp³-hybridized carbons (Fsp3) is 0.583. The van der Waals surface area contributed by atoms with Crippen LogP contribution in [0.2, 0.25) is 0 Å². The van der Waals surface area contributed by atoms with Crippen molar-refractivity contribution in [1.82, 2.24) is 9.88 Å². The normalized spacial score (nSPS) is 22.4. The van der Waals surface area contributed by atoms with Crippen LogP contribution in [0, 0.1) is 12.8 Å². The lowest BCUT2D eigenvalue weighted by Gasteiger charge is -2.32. The maximum absolute atomic E-state index is 12.2. The largest absolute Gasteiger partial charge is 0.438 e. The third kappa shape index (κ3) is 2.23. The maximum Gasteiger partial charge on any atom is 0.291 e. The van der Waals surface area contributed by atoms with Crippen LogP contribution < -0.4 is 0 Å². The number of oxazole rings is 1. The molecule has 1 unspecified atom stereocenters. The number of hydrogen-bond acceptors (Lipinski definition) is 5. The van der Waals surface area contributed by atoms with Crippen LogP contribution in [0.3, 0.4) is 0 Å². The molecule has 18 heavy (non-hydrogen) atoms. The van der Waals surface area contributed by atoms with Gasteiger partial charge in [0.25, 0.3) is 5.91 Å². The Hall–Kier alpha value is -1.85. The molecule has 0 aliphatic carbocycles. The van der Waals surface area contributed by atoms with Gasteiger partial charge in [0.15, 0.2) is 6.39 Å². The number of carbonyl (C=O) groups excluding carboxylic acids is 1. The van der Waals surface area contributed by atoms with Gasteiger partial charge >= 0.3 is 0 Å². The molecular weight excluding hydrogens is 234 g/mol. The zero-order chi connectivity index (χ0) is 13.1. The highest BCUT2D eigenvalue weighted by atomic mass is 16.4. The molecule has 1 fully saturated rings. The van der Waals surface area contributed by atoms with Crippen molar-refractivity contribution in [2.45, 2.75) is 26.7 Å². The van der Waals surface area contributed by atoms with E-state index in [0.29, 0.717) is 31.0 Å². The molecule has 0 aromatic carbocycles. The van der Waals surface area contributed by atoms with E-state index in [1.165, 1.54) is 6.39 Å². The van der Waals surface area contributed by atoms with Gasteiger partial charge in [-0.15, -0.1) is 0 Å². The SMILES string of the molecule is CCC1CN(C(=O)c2ocnc2C)CCC1=NO. The molecule has 2 rings (SSSR count). The molecule has 1 N–H and O–H groups in total. The summed E-state index contributed by atoms with van der Waals surface area (Å²) in [7, 11) is 0. The van der Waals surface area contributed by atoms with Crippen LogP contribution in [0.5, 0.6) is 0 Å². The number of aryl methyl sites for hydroxylation is 1. The van der Waals surface area contributed by atoms with Crippen LogP contribution >= 0.6 is 0 Å². The lowest BCUT2D eigenvalue weighted by atomic mass is 9.93. The smallest absolute Gasteiger partial charge is 0.291 e. The van der Waals surface area contributed by atoms with E-state index in [9.17, 15) is 4.79 Å². The zero-order valence-corrected chi connectivity index (χ0v) is 10.6. The Morgan fingerprint density at radius 2 is 2.50 bits per heavy atom. The molecule has 1 amide bonds. The number of aromatic nitrogens is 1. The molecule has 1 aromatic rings. The van der Waals surface area contributed by atoms with Crippen LogP contribution in [0.15, 0.2) is 16.0 Å². The van der Waals surface area contributed by atoms with E-state index in [2.05, 4.69) is 10.1 Å². The number of likely N-dealkylation sites (tertiary alicyclic amines) is 1. The van der Waals surface area contributed by atoms with Gasteiger partial charge in [-0.2, -0.15) is 0 Å². The first-order chi connectivity index (χ1) is 8.67. The molecule has 1 aromatic heterocycles. The Labute approximate surface area is 105 Å². The number of oxime groups is 1. The Bertz CT molecular complexity index is 467. The van der Waals surface area contributed by atoms with Crippen LogP contribution in [0.1, 0.15) is 36.0 Å². The van der Waals surface area contributed by atoms with Crippen LogP contribution in [0.4, 0.5) is 0 Å². The molecule has 0 saturated carbocycles. The second kappa shape index (κ2) is 5.20. The van der Waals surface area contributed by atoms with Gasteiger partial charge in [-0.3, -0.25) is 4.79 Å². The number of amides is 1.